The Balaban J connectivity index is 1.59. The molecular formula is C37H39Cl2N3O5S. The molecule has 4 aromatic rings. The van der Waals surface area contributed by atoms with Crippen molar-refractivity contribution in [3.8, 4) is 5.75 Å². The first-order valence-corrected chi connectivity index (χ1v) is 18.1. The minimum Gasteiger partial charge on any atom is -0.497 e. The maximum Gasteiger partial charge on any atom is 0.264 e. The molecule has 0 aliphatic heterocycles. The molecule has 11 heteroatoms. The van der Waals surface area contributed by atoms with E-state index in [2.05, 4.69) is 5.32 Å². The lowest BCUT2D eigenvalue weighted by Gasteiger charge is -2.34. The van der Waals surface area contributed by atoms with Crippen molar-refractivity contribution in [2.45, 2.75) is 62.6 Å². The fourth-order valence-corrected chi connectivity index (χ4v) is 7.59. The van der Waals surface area contributed by atoms with Crippen LogP contribution < -0.4 is 14.4 Å². The lowest BCUT2D eigenvalue weighted by Crippen LogP contribution is -2.54. The summed E-state index contributed by atoms with van der Waals surface area (Å²) in [5, 5.41) is 3.56. The number of rotatable bonds is 13. The molecule has 1 aliphatic carbocycles. The minimum absolute atomic E-state index is 0.00568. The maximum absolute atomic E-state index is 14.7. The van der Waals surface area contributed by atoms with Crippen molar-refractivity contribution >= 4 is 50.7 Å². The molecule has 1 atom stereocenters. The van der Waals surface area contributed by atoms with Crippen LogP contribution in [0.2, 0.25) is 10.0 Å². The van der Waals surface area contributed by atoms with Crippen molar-refractivity contribution < 1.29 is 22.7 Å². The standard InChI is InChI=1S/C37H39Cl2N3O5S/c1-26-15-18-32(19-16-26)48(45,46)42(30-17-20-33(38)34(39)23-30)25-36(43)41(24-28-11-8-14-31(21-28)47-2)35(22-27-9-4-3-5-10-27)37(44)40-29-12-6-7-13-29/h3-5,8-11,14-21,23,29,35H,6-7,12-13,22,24-25H2,1-2H3,(H,40,44)/t35-/m1/s1. The molecule has 8 nitrogen and oxygen atoms in total. The van der Waals surface area contributed by atoms with Crippen LogP contribution in [-0.2, 0) is 32.6 Å². The monoisotopic (exact) mass is 707 g/mol. The third kappa shape index (κ3) is 8.69. The Labute approximate surface area is 292 Å². The predicted molar refractivity (Wildman–Crippen MR) is 190 cm³/mol. The van der Waals surface area contributed by atoms with E-state index in [0.717, 1.165) is 46.7 Å². The number of nitrogens with one attached hydrogen (secondary N) is 1. The minimum atomic E-state index is -4.27. The fourth-order valence-electron chi connectivity index (χ4n) is 5.90. The molecule has 5 rings (SSSR count). The van der Waals surface area contributed by atoms with E-state index in [1.54, 1.807) is 31.4 Å². The lowest BCUT2D eigenvalue weighted by atomic mass is 10.0. The molecule has 48 heavy (non-hydrogen) atoms. The molecule has 0 heterocycles. The molecule has 0 unspecified atom stereocenters. The SMILES string of the molecule is COc1cccc(CN(C(=O)CN(c2ccc(Cl)c(Cl)c2)S(=O)(=O)c2ccc(C)cc2)[C@H](Cc2ccccc2)C(=O)NC2CCCC2)c1. The Kier molecular flexibility index (Phi) is 11.7. The topological polar surface area (TPSA) is 96.0 Å². The smallest absolute Gasteiger partial charge is 0.264 e. The summed E-state index contributed by atoms with van der Waals surface area (Å²) in [4.78, 5) is 30.3. The highest BCUT2D eigenvalue weighted by Crippen LogP contribution is 2.31. The Morgan fingerprint density at radius 2 is 1.56 bits per heavy atom. The van der Waals surface area contributed by atoms with E-state index in [4.69, 9.17) is 27.9 Å². The fraction of sp³-hybridized carbons (Fsp3) is 0.297. The van der Waals surface area contributed by atoms with Gasteiger partial charge in [0.1, 0.15) is 18.3 Å². The summed E-state index contributed by atoms with van der Waals surface area (Å²) in [7, 11) is -2.72. The zero-order valence-electron chi connectivity index (χ0n) is 26.9. The van der Waals surface area contributed by atoms with Crippen molar-refractivity contribution in [2.24, 2.45) is 0 Å². The summed E-state index contributed by atoms with van der Waals surface area (Å²) < 4.78 is 35.0. The number of ether oxygens (including phenoxy) is 1. The third-order valence-electron chi connectivity index (χ3n) is 8.54. The summed E-state index contributed by atoms with van der Waals surface area (Å²) in [6.45, 7) is 1.29. The second kappa shape index (κ2) is 15.9. The van der Waals surface area contributed by atoms with Gasteiger partial charge in [-0.15, -0.1) is 0 Å². The number of sulfonamides is 1. The number of amides is 2. The van der Waals surface area contributed by atoms with Crippen molar-refractivity contribution in [2.75, 3.05) is 18.0 Å². The molecule has 0 bridgehead atoms. The van der Waals surface area contributed by atoms with Gasteiger partial charge in [0.2, 0.25) is 11.8 Å². The second-order valence-corrected chi connectivity index (χ2v) is 14.7. The van der Waals surface area contributed by atoms with Gasteiger partial charge in [0.25, 0.3) is 10.0 Å². The van der Waals surface area contributed by atoms with Gasteiger partial charge in [-0.2, -0.15) is 0 Å². The highest BCUT2D eigenvalue weighted by atomic mass is 35.5. The van der Waals surface area contributed by atoms with Crippen molar-refractivity contribution in [3.05, 3.63) is 124 Å². The van der Waals surface area contributed by atoms with Crippen LogP contribution in [0.4, 0.5) is 5.69 Å². The maximum atomic E-state index is 14.7. The molecule has 2 amide bonds. The zero-order valence-corrected chi connectivity index (χ0v) is 29.3. The van der Waals surface area contributed by atoms with Gasteiger partial charge < -0.3 is 15.0 Å². The van der Waals surface area contributed by atoms with Gasteiger partial charge in [-0.25, -0.2) is 8.42 Å². The van der Waals surface area contributed by atoms with E-state index in [1.807, 2.05) is 49.4 Å². The third-order valence-corrected chi connectivity index (χ3v) is 11.1. The summed E-state index contributed by atoms with van der Waals surface area (Å²) in [5.41, 5.74) is 2.63. The molecule has 1 fully saturated rings. The average molecular weight is 709 g/mol. The number of methoxy groups -OCH3 is 1. The molecule has 1 saturated carbocycles. The average Bonchev–Trinajstić information content (AvgIpc) is 3.60. The molecular weight excluding hydrogens is 669 g/mol. The van der Waals surface area contributed by atoms with Crippen LogP contribution in [0.1, 0.15) is 42.4 Å². The number of benzene rings is 4. The Bertz CT molecular complexity index is 1830. The van der Waals surface area contributed by atoms with Gasteiger partial charge in [-0.1, -0.05) is 96.2 Å². The number of halogens is 2. The van der Waals surface area contributed by atoms with Crippen molar-refractivity contribution in [3.63, 3.8) is 0 Å². The Morgan fingerprint density at radius 1 is 0.875 bits per heavy atom. The van der Waals surface area contributed by atoms with Crippen molar-refractivity contribution in [1.82, 2.24) is 10.2 Å². The number of anilines is 1. The van der Waals surface area contributed by atoms with Crippen LogP contribution in [0.15, 0.2) is 102 Å². The molecule has 0 spiro atoms. The van der Waals surface area contributed by atoms with Gasteiger partial charge >= 0.3 is 0 Å². The predicted octanol–water partition coefficient (Wildman–Crippen LogP) is 7.20. The Morgan fingerprint density at radius 3 is 2.23 bits per heavy atom. The number of carbonyl (C=O) groups excluding carboxylic acids is 2. The van der Waals surface area contributed by atoms with E-state index in [9.17, 15) is 18.0 Å². The van der Waals surface area contributed by atoms with Gasteiger partial charge in [0, 0.05) is 19.0 Å². The molecule has 0 radical (unpaired) electrons. The molecule has 0 saturated heterocycles. The first kappa shape index (κ1) is 35.3. The molecule has 4 aromatic carbocycles. The summed E-state index contributed by atoms with van der Waals surface area (Å²) >= 11 is 12.6. The van der Waals surface area contributed by atoms with Crippen molar-refractivity contribution in [1.29, 1.82) is 0 Å². The number of hydrogen-bond donors (Lipinski definition) is 1. The largest absolute Gasteiger partial charge is 0.497 e. The van der Waals surface area contributed by atoms with E-state index in [0.29, 0.717) is 5.75 Å². The highest BCUT2D eigenvalue weighted by molar-refractivity contribution is 7.92. The van der Waals surface area contributed by atoms with Gasteiger partial charge in [0.15, 0.2) is 0 Å². The van der Waals surface area contributed by atoms with Crippen LogP contribution in [0.3, 0.4) is 0 Å². The number of carbonyl (C=O) groups is 2. The first-order chi connectivity index (χ1) is 23.0. The zero-order chi connectivity index (χ0) is 34.3. The second-order valence-electron chi connectivity index (χ2n) is 12.0. The van der Waals surface area contributed by atoms with E-state index < -0.39 is 28.5 Å². The normalized spacial score (nSPS) is 13.9. The number of hydrogen-bond acceptors (Lipinski definition) is 5. The van der Waals surface area contributed by atoms with Gasteiger partial charge in [0.05, 0.1) is 27.7 Å². The molecule has 1 aliphatic rings. The quantitative estimate of drug-likeness (QED) is 0.159. The number of aryl methyl sites for hydroxylation is 1. The van der Waals surface area contributed by atoms with Crippen LogP contribution >= 0.6 is 23.2 Å². The molecule has 252 valence electrons. The van der Waals surface area contributed by atoms with Crippen LogP contribution in [0.25, 0.3) is 0 Å². The van der Waals surface area contributed by atoms with Gasteiger partial charge in [-0.3, -0.25) is 13.9 Å². The van der Waals surface area contributed by atoms with Crippen LogP contribution in [0, 0.1) is 6.92 Å². The van der Waals surface area contributed by atoms with Gasteiger partial charge in [-0.05, 0) is 73.4 Å². The summed E-state index contributed by atoms with van der Waals surface area (Å²) in [6.07, 6.45) is 4.01. The first-order valence-electron chi connectivity index (χ1n) is 15.9. The van der Waals surface area contributed by atoms with E-state index in [1.165, 1.54) is 35.2 Å². The van der Waals surface area contributed by atoms with Crippen LogP contribution in [0.5, 0.6) is 5.75 Å². The Hall–Kier alpha value is -4.05. The highest BCUT2D eigenvalue weighted by Gasteiger charge is 2.35. The molecule has 0 aromatic heterocycles. The molecule has 1 N–H and O–H groups in total. The number of nitrogens with zero attached hydrogens (tertiary/aromatic N) is 2. The lowest BCUT2D eigenvalue weighted by molar-refractivity contribution is -0.140. The van der Waals surface area contributed by atoms with E-state index in [-0.39, 0.29) is 45.5 Å². The summed E-state index contributed by atoms with van der Waals surface area (Å²) in [5.74, 6) is -0.263. The van der Waals surface area contributed by atoms with Crippen LogP contribution in [-0.4, -0.2) is 50.9 Å². The summed E-state index contributed by atoms with van der Waals surface area (Å²) in [6, 6.07) is 26.6. The van der Waals surface area contributed by atoms with E-state index >= 15 is 0 Å².